The zero-order valence-electron chi connectivity index (χ0n) is 26.6. The molecule has 0 heteroatoms. The lowest BCUT2D eigenvalue weighted by Gasteiger charge is -2.22. The molecule has 0 spiro atoms. The molecular weight excluding hydrogens is 577 g/mol. The van der Waals surface area contributed by atoms with Gasteiger partial charge in [0.2, 0.25) is 0 Å². The molecule has 8 aromatic rings. The zero-order chi connectivity index (χ0) is 31.9. The van der Waals surface area contributed by atoms with Crippen molar-refractivity contribution in [2.75, 3.05) is 0 Å². The topological polar surface area (TPSA) is 0 Å². The van der Waals surface area contributed by atoms with Gasteiger partial charge in [-0.2, -0.15) is 0 Å². The second-order valence-electron chi connectivity index (χ2n) is 12.9. The highest BCUT2D eigenvalue weighted by atomic mass is 14.3. The molecule has 0 amide bonds. The van der Waals surface area contributed by atoms with Gasteiger partial charge in [-0.3, -0.25) is 0 Å². The summed E-state index contributed by atoms with van der Waals surface area (Å²) < 4.78 is 0. The molecule has 1 aliphatic carbocycles. The molecule has 0 N–H and O–H groups in total. The molecule has 0 aliphatic heterocycles. The lowest BCUT2D eigenvalue weighted by atomic mass is 9.81. The third-order valence-electron chi connectivity index (χ3n) is 10.1. The van der Waals surface area contributed by atoms with E-state index in [2.05, 4.69) is 194 Å². The van der Waals surface area contributed by atoms with Crippen LogP contribution in [0.3, 0.4) is 0 Å². The third-order valence-corrected chi connectivity index (χ3v) is 10.1. The second-order valence-corrected chi connectivity index (χ2v) is 12.9. The molecule has 0 nitrogen and oxygen atoms in total. The number of fused-ring (bicyclic) bond motifs is 5. The van der Waals surface area contributed by atoms with Crippen molar-refractivity contribution in [2.24, 2.45) is 0 Å². The van der Waals surface area contributed by atoms with Gasteiger partial charge in [0.1, 0.15) is 0 Å². The zero-order valence-corrected chi connectivity index (χ0v) is 26.6. The van der Waals surface area contributed by atoms with E-state index in [1.54, 1.807) is 0 Å². The minimum Gasteiger partial charge on any atom is -0.0622 e. The quantitative estimate of drug-likeness (QED) is 0.164. The minimum absolute atomic E-state index is 0.0850. The van der Waals surface area contributed by atoms with Gasteiger partial charge in [0.05, 0.1) is 0 Å². The van der Waals surface area contributed by atoms with E-state index in [-0.39, 0.29) is 11.8 Å². The van der Waals surface area contributed by atoms with Crippen molar-refractivity contribution in [3.05, 3.63) is 228 Å². The van der Waals surface area contributed by atoms with Gasteiger partial charge in [0, 0.05) is 11.8 Å². The van der Waals surface area contributed by atoms with Gasteiger partial charge < -0.3 is 0 Å². The van der Waals surface area contributed by atoms with Crippen LogP contribution in [0.25, 0.3) is 44.2 Å². The van der Waals surface area contributed by atoms with Gasteiger partial charge in [-0.05, 0) is 77.5 Å². The molecule has 0 heterocycles. The van der Waals surface area contributed by atoms with Crippen LogP contribution >= 0.6 is 0 Å². The Balaban J connectivity index is 1.21. The van der Waals surface area contributed by atoms with Gasteiger partial charge in [0.15, 0.2) is 0 Å². The lowest BCUT2D eigenvalue weighted by Crippen LogP contribution is -2.06. The Labute approximate surface area is 282 Å². The van der Waals surface area contributed by atoms with Crippen LogP contribution in [0.1, 0.15) is 45.2 Å². The number of benzene rings is 8. The Kier molecular flexibility index (Phi) is 7.06. The van der Waals surface area contributed by atoms with Crippen molar-refractivity contribution in [1.82, 2.24) is 0 Å². The fraction of sp³-hybridized carbons (Fsp3) is 0.0417. The summed E-state index contributed by atoms with van der Waals surface area (Å²) in [4.78, 5) is 0. The maximum Gasteiger partial charge on any atom is 0.0352 e. The maximum absolute atomic E-state index is 2.50. The van der Waals surface area contributed by atoms with Crippen molar-refractivity contribution in [2.45, 2.75) is 11.8 Å². The smallest absolute Gasteiger partial charge is 0.0352 e. The molecule has 8 aromatic carbocycles. The normalized spacial score (nSPS) is 13.4. The fourth-order valence-electron chi connectivity index (χ4n) is 7.80. The van der Waals surface area contributed by atoms with Crippen LogP contribution in [0.4, 0.5) is 0 Å². The van der Waals surface area contributed by atoms with E-state index in [0.717, 1.165) is 0 Å². The number of hydrogen-bond acceptors (Lipinski definition) is 0. The molecule has 48 heavy (non-hydrogen) atoms. The summed E-state index contributed by atoms with van der Waals surface area (Å²) in [5, 5.41) is 2.61. The average Bonchev–Trinajstić information content (AvgIpc) is 3.51. The van der Waals surface area contributed by atoms with Gasteiger partial charge in [0.25, 0.3) is 0 Å². The molecule has 0 bridgehead atoms. The van der Waals surface area contributed by atoms with E-state index in [9.17, 15) is 0 Å². The minimum atomic E-state index is 0.0850. The summed E-state index contributed by atoms with van der Waals surface area (Å²) in [6.45, 7) is 0. The first-order valence-electron chi connectivity index (χ1n) is 16.8. The lowest BCUT2D eigenvalue weighted by molar-refractivity contribution is 0.957. The van der Waals surface area contributed by atoms with Crippen LogP contribution in [0, 0.1) is 0 Å². The van der Waals surface area contributed by atoms with Crippen LogP contribution < -0.4 is 0 Å². The predicted octanol–water partition coefficient (Wildman–Crippen LogP) is 12.5. The van der Waals surface area contributed by atoms with E-state index in [0.29, 0.717) is 0 Å². The molecule has 0 fully saturated rings. The Hall–Kier alpha value is -5.98. The summed E-state index contributed by atoms with van der Waals surface area (Å²) in [7, 11) is 0. The largest absolute Gasteiger partial charge is 0.0622 e. The molecule has 9 rings (SSSR count). The van der Waals surface area contributed by atoms with Crippen molar-refractivity contribution in [3.63, 3.8) is 0 Å². The first-order chi connectivity index (χ1) is 23.8. The van der Waals surface area contributed by atoms with Crippen molar-refractivity contribution in [3.8, 4) is 33.4 Å². The monoisotopic (exact) mass is 610 g/mol. The highest BCUT2D eigenvalue weighted by molar-refractivity contribution is 6.02. The molecule has 0 saturated heterocycles. The maximum atomic E-state index is 2.50. The molecule has 1 unspecified atom stereocenters. The van der Waals surface area contributed by atoms with Crippen LogP contribution in [0.5, 0.6) is 0 Å². The van der Waals surface area contributed by atoms with E-state index >= 15 is 0 Å². The van der Waals surface area contributed by atoms with E-state index in [1.165, 1.54) is 77.5 Å². The molecular formula is C48H34. The third kappa shape index (κ3) is 4.94. The van der Waals surface area contributed by atoms with E-state index in [1.807, 2.05) is 0 Å². The Morgan fingerprint density at radius 3 is 1.46 bits per heavy atom. The highest BCUT2D eigenvalue weighted by Gasteiger charge is 2.32. The molecule has 1 atom stereocenters. The summed E-state index contributed by atoms with van der Waals surface area (Å²) in [5.74, 6) is 0.268. The summed E-state index contributed by atoms with van der Waals surface area (Å²) >= 11 is 0. The first-order valence-corrected chi connectivity index (χ1v) is 16.8. The van der Waals surface area contributed by atoms with Gasteiger partial charge in [-0.15, -0.1) is 0 Å². The Morgan fingerprint density at radius 1 is 0.354 bits per heavy atom. The molecule has 0 saturated carbocycles. The van der Waals surface area contributed by atoms with E-state index in [4.69, 9.17) is 0 Å². The van der Waals surface area contributed by atoms with Gasteiger partial charge >= 0.3 is 0 Å². The van der Waals surface area contributed by atoms with Crippen LogP contribution in [0.15, 0.2) is 194 Å². The molecule has 0 aromatic heterocycles. The average molecular weight is 611 g/mol. The number of rotatable bonds is 6. The van der Waals surface area contributed by atoms with Crippen LogP contribution in [0.2, 0.25) is 0 Å². The Morgan fingerprint density at radius 2 is 0.854 bits per heavy atom. The highest BCUT2D eigenvalue weighted by Crippen LogP contribution is 2.52. The van der Waals surface area contributed by atoms with Crippen molar-refractivity contribution < 1.29 is 0 Å². The van der Waals surface area contributed by atoms with Gasteiger partial charge in [-0.1, -0.05) is 194 Å². The fourth-order valence-corrected chi connectivity index (χ4v) is 7.80. The van der Waals surface area contributed by atoms with Crippen LogP contribution in [-0.2, 0) is 0 Å². The SMILES string of the molecule is c1ccc(-c2ccc(C(c3ccc(-c4ccccc4)cc3)c3ccc4c(c3)C(c3ccccc3)c3ccc5ccccc5c3-4)cc2)cc1. The summed E-state index contributed by atoms with van der Waals surface area (Å²) in [6.07, 6.45) is 0. The summed E-state index contributed by atoms with van der Waals surface area (Å²) in [5.41, 5.74) is 15.7. The van der Waals surface area contributed by atoms with Crippen molar-refractivity contribution in [1.29, 1.82) is 0 Å². The molecule has 1 aliphatic rings. The predicted molar refractivity (Wildman–Crippen MR) is 201 cm³/mol. The summed E-state index contributed by atoms with van der Waals surface area (Å²) in [6, 6.07) is 71.5. The molecule has 226 valence electrons. The molecule has 0 radical (unpaired) electrons. The number of hydrogen-bond donors (Lipinski definition) is 0. The van der Waals surface area contributed by atoms with Gasteiger partial charge in [-0.25, -0.2) is 0 Å². The standard InChI is InChI=1S/C48H34/c1-4-12-33(13-5-1)35-20-24-39(25-21-35)46(40-26-22-36(23-27-40)34-14-6-2-7-15-34)41-29-30-43-45(32-41)47(38-17-8-3-9-18-38)44-31-28-37-16-10-11-19-42(37)48(43)44/h1-32,46-47H. The van der Waals surface area contributed by atoms with Crippen molar-refractivity contribution >= 4 is 10.8 Å². The first kappa shape index (κ1) is 28.3. The second kappa shape index (κ2) is 12.0. The Bertz CT molecular complexity index is 2270. The van der Waals surface area contributed by atoms with E-state index < -0.39 is 0 Å². The van der Waals surface area contributed by atoms with Crippen LogP contribution in [-0.4, -0.2) is 0 Å².